The molecule has 1 aromatic heterocycles. The predicted octanol–water partition coefficient (Wildman–Crippen LogP) is 3.50. The van der Waals surface area contributed by atoms with Crippen molar-refractivity contribution in [2.45, 2.75) is 6.92 Å². The van der Waals surface area contributed by atoms with E-state index in [1.807, 2.05) is 18.2 Å². The van der Waals surface area contributed by atoms with Gasteiger partial charge in [-0.15, -0.1) is 0 Å². The van der Waals surface area contributed by atoms with Crippen LogP contribution in [0.2, 0.25) is 0 Å². The van der Waals surface area contributed by atoms with Gasteiger partial charge in [0.25, 0.3) is 0 Å². The summed E-state index contributed by atoms with van der Waals surface area (Å²) in [5.41, 5.74) is 2.17. The number of halogens is 1. The highest BCUT2D eigenvalue weighted by Crippen LogP contribution is 2.27. The molecule has 0 spiro atoms. The van der Waals surface area contributed by atoms with Crippen molar-refractivity contribution in [1.82, 2.24) is 0 Å². The van der Waals surface area contributed by atoms with Crippen LogP contribution in [0, 0.1) is 6.92 Å². The first-order valence-corrected chi connectivity index (χ1v) is 4.20. The van der Waals surface area contributed by atoms with Crippen LogP contribution in [0.3, 0.4) is 0 Å². The third-order valence-electron chi connectivity index (χ3n) is 1.76. The molecule has 2 heteroatoms. The Labute approximate surface area is 73.1 Å². The molecule has 2 aromatic rings. The minimum absolute atomic E-state index is 0.933. The van der Waals surface area contributed by atoms with Crippen LogP contribution in [-0.4, -0.2) is 0 Å². The number of benzene rings is 1. The maximum Gasteiger partial charge on any atom is 0.135 e. The van der Waals surface area contributed by atoms with Crippen molar-refractivity contribution in [2.24, 2.45) is 0 Å². The molecule has 0 fully saturated rings. The van der Waals surface area contributed by atoms with Crippen molar-refractivity contribution in [2.75, 3.05) is 0 Å². The van der Waals surface area contributed by atoms with Gasteiger partial charge in [-0.1, -0.05) is 6.07 Å². The monoisotopic (exact) mass is 210 g/mol. The molecule has 11 heavy (non-hydrogen) atoms. The van der Waals surface area contributed by atoms with Gasteiger partial charge in [0.1, 0.15) is 5.58 Å². The summed E-state index contributed by atoms with van der Waals surface area (Å²) in [4.78, 5) is 0. The molecule has 0 N–H and O–H groups in total. The van der Waals surface area contributed by atoms with E-state index in [0.29, 0.717) is 0 Å². The molecule has 1 heterocycles. The van der Waals surface area contributed by atoms with Gasteiger partial charge in [-0.05, 0) is 40.5 Å². The minimum Gasteiger partial charge on any atom is -0.464 e. The minimum atomic E-state index is 0.933. The van der Waals surface area contributed by atoms with Crippen LogP contribution in [0.4, 0.5) is 0 Å². The highest BCUT2D eigenvalue weighted by Gasteiger charge is 2.02. The van der Waals surface area contributed by atoms with E-state index >= 15 is 0 Å². The van der Waals surface area contributed by atoms with E-state index in [2.05, 4.69) is 22.9 Å². The molecule has 0 amide bonds. The van der Waals surface area contributed by atoms with E-state index in [4.69, 9.17) is 4.42 Å². The summed E-state index contributed by atoms with van der Waals surface area (Å²) >= 11 is 3.50. The fourth-order valence-electron chi connectivity index (χ4n) is 1.12. The molecular formula is C9H7BrO. The van der Waals surface area contributed by atoms with Gasteiger partial charge in [0.15, 0.2) is 0 Å². The lowest BCUT2D eigenvalue weighted by atomic mass is 10.2. The van der Waals surface area contributed by atoms with Crippen molar-refractivity contribution < 1.29 is 4.42 Å². The molecule has 0 saturated carbocycles. The summed E-state index contributed by atoms with van der Waals surface area (Å²) in [6, 6.07) is 5.98. The molecule has 0 unspecified atom stereocenters. The molecule has 0 atom stereocenters. The Bertz CT molecular complexity index is 389. The maximum absolute atomic E-state index is 5.22. The van der Waals surface area contributed by atoms with E-state index in [0.717, 1.165) is 15.4 Å². The van der Waals surface area contributed by atoms with Crippen molar-refractivity contribution >= 4 is 26.9 Å². The zero-order valence-corrected chi connectivity index (χ0v) is 7.68. The predicted molar refractivity (Wildman–Crippen MR) is 48.7 cm³/mol. The highest BCUT2D eigenvalue weighted by molar-refractivity contribution is 9.10. The Hall–Kier alpha value is -0.760. The van der Waals surface area contributed by atoms with Gasteiger partial charge in [-0.2, -0.15) is 0 Å². The first-order valence-electron chi connectivity index (χ1n) is 3.41. The molecule has 0 saturated heterocycles. The zero-order valence-electron chi connectivity index (χ0n) is 6.10. The number of fused-ring (bicyclic) bond motifs is 1. The molecule has 2 rings (SSSR count). The Morgan fingerprint density at radius 2 is 2.09 bits per heavy atom. The fraction of sp³-hybridized carbons (Fsp3) is 0.111. The molecule has 1 nitrogen and oxygen atoms in total. The molecule has 56 valence electrons. The van der Waals surface area contributed by atoms with Gasteiger partial charge in [-0.25, -0.2) is 0 Å². The molecule has 1 aromatic carbocycles. The van der Waals surface area contributed by atoms with E-state index in [1.165, 1.54) is 5.56 Å². The maximum atomic E-state index is 5.22. The summed E-state index contributed by atoms with van der Waals surface area (Å²) < 4.78 is 6.35. The Balaban J connectivity index is 2.93. The third-order valence-corrected chi connectivity index (χ3v) is 2.82. The normalized spacial score (nSPS) is 10.7. The Morgan fingerprint density at radius 1 is 1.27 bits per heavy atom. The van der Waals surface area contributed by atoms with E-state index in [-0.39, 0.29) is 0 Å². The van der Waals surface area contributed by atoms with E-state index in [9.17, 15) is 0 Å². The van der Waals surface area contributed by atoms with Crippen LogP contribution < -0.4 is 0 Å². The van der Waals surface area contributed by atoms with Crippen molar-refractivity contribution in [3.63, 3.8) is 0 Å². The van der Waals surface area contributed by atoms with Crippen LogP contribution in [0.25, 0.3) is 11.0 Å². The molecule has 0 radical (unpaired) electrons. The van der Waals surface area contributed by atoms with Gasteiger partial charge < -0.3 is 4.42 Å². The Morgan fingerprint density at radius 3 is 2.91 bits per heavy atom. The Kier molecular flexibility index (Phi) is 1.50. The summed E-state index contributed by atoms with van der Waals surface area (Å²) in [6.07, 6.45) is 1.70. The fourth-order valence-corrected chi connectivity index (χ4v) is 1.58. The molecule has 0 aliphatic heterocycles. The first kappa shape index (κ1) is 6.92. The third kappa shape index (κ3) is 0.979. The number of hydrogen-bond donors (Lipinski definition) is 0. The van der Waals surface area contributed by atoms with Gasteiger partial charge in [0.05, 0.1) is 6.26 Å². The van der Waals surface area contributed by atoms with Gasteiger partial charge in [-0.3, -0.25) is 0 Å². The summed E-state index contributed by atoms with van der Waals surface area (Å²) in [7, 11) is 0. The molecule has 0 aliphatic rings. The highest BCUT2D eigenvalue weighted by atomic mass is 79.9. The molecular weight excluding hydrogens is 204 g/mol. The van der Waals surface area contributed by atoms with Crippen LogP contribution in [0.15, 0.2) is 33.4 Å². The molecule has 0 bridgehead atoms. The van der Waals surface area contributed by atoms with Crippen molar-refractivity contribution in [3.05, 3.63) is 34.5 Å². The van der Waals surface area contributed by atoms with Crippen LogP contribution in [0.1, 0.15) is 5.56 Å². The van der Waals surface area contributed by atoms with Crippen molar-refractivity contribution in [3.8, 4) is 0 Å². The van der Waals surface area contributed by atoms with Gasteiger partial charge in [0, 0.05) is 9.86 Å². The standard InChI is InChI=1S/C9H7BrO/c1-6-2-3-8-7(9(6)10)4-5-11-8/h2-5H,1H3. The second-order valence-corrected chi connectivity index (χ2v) is 3.32. The lowest BCUT2D eigenvalue weighted by molar-refractivity contribution is 0.616. The lowest BCUT2D eigenvalue weighted by Gasteiger charge is -1.96. The van der Waals surface area contributed by atoms with E-state index in [1.54, 1.807) is 6.26 Å². The van der Waals surface area contributed by atoms with Gasteiger partial charge >= 0.3 is 0 Å². The zero-order chi connectivity index (χ0) is 7.84. The van der Waals surface area contributed by atoms with Crippen molar-refractivity contribution in [1.29, 1.82) is 0 Å². The van der Waals surface area contributed by atoms with Crippen LogP contribution >= 0.6 is 15.9 Å². The smallest absolute Gasteiger partial charge is 0.135 e. The number of furan rings is 1. The van der Waals surface area contributed by atoms with Crippen LogP contribution in [-0.2, 0) is 0 Å². The largest absolute Gasteiger partial charge is 0.464 e. The second kappa shape index (κ2) is 2.38. The SMILES string of the molecule is Cc1ccc2occc2c1Br. The average molecular weight is 211 g/mol. The summed E-state index contributed by atoms with van der Waals surface area (Å²) in [5.74, 6) is 0. The van der Waals surface area contributed by atoms with E-state index < -0.39 is 0 Å². The quantitative estimate of drug-likeness (QED) is 0.649. The second-order valence-electron chi connectivity index (χ2n) is 2.53. The summed E-state index contributed by atoms with van der Waals surface area (Å²) in [5, 5.41) is 1.14. The lowest BCUT2D eigenvalue weighted by Crippen LogP contribution is -1.73. The topological polar surface area (TPSA) is 13.1 Å². The first-order chi connectivity index (χ1) is 5.29. The van der Waals surface area contributed by atoms with Gasteiger partial charge in [0.2, 0.25) is 0 Å². The number of aryl methyl sites for hydroxylation is 1. The number of rotatable bonds is 0. The summed E-state index contributed by atoms with van der Waals surface area (Å²) in [6.45, 7) is 2.07. The molecule has 0 aliphatic carbocycles. The van der Waals surface area contributed by atoms with Crippen LogP contribution in [0.5, 0.6) is 0 Å². The average Bonchev–Trinajstić information content (AvgIpc) is 2.45. The number of hydrogen-bond acceptors (Lipinski definition) is 1.